The number of hydrogen-bond donors (Lipinski definition) is 1. The van der Waals surface area contributed by atoms with Crippen molar-refractivity contribution in [3.05, 3.63) is 33.8 Å². The van der Waals surface area contributed by atoms with Crippen molar-refractivity contribution in [1.82, 2.24) is 0 Å². The Bertz CT molecular complexity index is 347. The number of aliphatic hydroxyl groups excluding tert-OH is 1. The summed E-state index contributed by atoms with van der Waals surface area (Å²) >= 11 is 12.0. The summed E-state index contributed by atoms with van der Waals surface area (Å²) in [5.74, 6) is 0.458. The molecule has 1 nitrogen and oxygen atoms in total. The molecule has 1 atom stereocenters. The first-order valence-electron chi connectivity index (χ1n) is 5.29. The van der Waals surface area contributed by atoms with Gasteiger partial charge in [0.15, 0.2) is 0 Å². The lowest BCUT2D eigenvalue weighted by atomic mass is 9.79. The predicted octanol–water partition coefficient (Wildman–Crippen LogP) is 3.70. The molecule has 0 aliphatic heterocycles. The maximum atomic E-state index is 9.94. The van der Waals surface area contributed by atoms with Crippen LogP contribution >= 0.6 is 23.2 Å². The molecular weight excluding hydrogens is 231 g/mol. The Kier molecular flexibility index (Phi) is 3.55. The average Bonchev–Trinajstić information content (AvgIpc) is 2.10. The molecule has 0 radical (unpaired) electrons. The van der Waals surface area contributed by atoms with Gasteiger partial charge in [-0.05, 0) is 30.4 Å². The molecule has 82 valence electrons. The number of benzene rings is 1. The topological polar surface area (TPSA) is 20.2 Å². The summed E-state index contributed by atoms with van der Waals surface area (Å²) in [6.45, 7) is 0. The second kappa shape index (κ2) is 4.73. The Labute approximate surface area is 100 Å². The number of rotatable bonds is 3. The molecule has 1 saturated carbocycles. The van der Waals surface area contributed by atoms with Crippen LogP contribution in [-0.2, 0) is 6.42 Å². The summed E-state index contributed by atoms with van der Waals surface area (Å²) in [6.07, 6.45) is 3.86. The van der Waals surface area contributed by atoms with Gasteiger partial charge in [0.05, 0.1) is 16.1 Å². The average molecular weight is 245 g/mol. The monoisotopic (exact) mass is 244 g/mol. The fourth-order valence-corrected chi connectivity index (χ4v) is 2.32. The summed E-state index contributed by atoms with van der Waals surface area (Å²) < 4.78 is 0. The van der Waals surface area contributed by atoms with Crippen molar-refractivity contribution >= 4 is 23.2 Å². The molecule has 1 aliphatic carbocycles. The third-order valence-electron chi connectivity index (χ3n) is 3.15. The molecule has 3 heteroatoms. The minimum absolute atomic E-state index is 0.269. The van der Waals surface area contributed by atoms with Gasteiger partial charge in [0.1, 0.15) is 0 Å². The quantitative estimate of drug-likeness (QED) is 0.860. The van der Waals surface area contributed by atoms with Crippen molar-refractivity contribution in [3.63, 3.8) is 0 Å². The van der Waals surface area contributed by atoms with E-state index in [0.29, 0.717) is 22.4 Å². The Morgan fingerprint density at radius 3 is 2.67 bits per heavy atom. The molecule has 1 fully saturated rings. The first kappa shape index (κ1) is 11.3. The van der Waals surface area contributed by atoms with Gasteiger partial charge in [0, 0.05) is 6.42 Å². The zero-order chi connectivity index (χ0) is 10.8. The van der Waals surface area contributed by atoms with Gasteiger partial charge in [0.25, 0.3) is 0 Å². The van der Waals surface area contributed by atoms with E-state index in [-0.39, 0.29) is 6.10 Å². The van der Waals surface area contributed by atoms with E-state index < -0.39 is 0 Å². The Morgan fingerprint density at radius 2 is 2.07 bits per heavy atom. The first-order valence-corrected chi connectivity index (χ1v) is 6.05. The van der Waals surface area contributed by atoms with E-state index in [9.17, 15) is 5.11 Å². The van der Waals surface area contributed by atoms with Crippen LogP contribution in [0.1, 0.15) is 24.8 Å². The number of hydrogen-bond acceptors (Lipinski definition) is 1. The molecule has 0 spiro atoms. The summed E-state index contributed by atoms with van der Waals surface area (Å²) in [5, 5.41) is 11.1. The van der Waals surface area contributed by atoms with Crippen LogP contribution in [0.25, 0.3) is 0 Å². The smallest absolute Gasteiger partial charge is 0.0625 e. The Hall–Kier alpha value is -0.240. The number of halogens is 2. The van der Waals surface area contributed by atoms with Gasteiger partial charge in [-0.15, -0.1) is 0 Å². The van der Waals surface area contributed by atoms with Gasteiger partial charge in [-0.2, -0.15) is 0 Å². The van der Waals surface area contributed by atoms with Crippen LogP contribution in [0.4, 0.5) is 0 Å². The second-order valence-corrected chi connectivity index (χ2v) is 4.96. The SMILES string of the molecule is OC(Cc1cccc(Cl)c1Cl)C1CCC1. The van der Waals surface area contributed by atoms with Crippen molar-refractivity contribution in [2.45, 2.75) is 31.8 Å². The maximum Gasteiger partial charge on any atom is 0.0625 e. The van der Waals surface area contributed by atoms with Gasteiger partial charge in [0.2, 0.25) is 0 Å². The summed E-state index contributed by atoms with van der Waals surface area (Å²) in [6, 6.07) is 5.57. The van der Waals surface area contributed by atoms with Crippen LogP contribution in [-0.4, -0.2) is 11.2 Å². The summed E-state index contributed by atoms with van der Waals surface area (Å²) in [7, 11) is 0. The molecule has 1 N–H and O–H groups in total. The number of aliphatic hydroxyl groups is 1. The molecule has 1 aromatic rings. The van der Waals surface area contributed by atoms with E-state index >= 15 is 0 Å². The highest BCUT2D eigenvalue weighted by molar-refractivity contribution is 6.42. The van der Waals surface area contributed by atoms with Crippen LogP contribution in [0.3, 0.4) is 0 Å². The van der Waals surface area contributed by atoms with Crippen LogP contribution in [0, 0.1) is 5.92 Å². The lowest BCUT2D eigenvalue weighted by Gasteiger charge is -2.30. The van der Waals surface area contributed by atoms with E-state index in [1.165, 1.54) is 6.42 Å². The highest BCUT2D eigenvalue weighted by Crippen LogP contribution is 2.33. The molecule has 15 heavy (non-hydrogen) atoms. The molecule has 1 unspecified atom stereocenters. The van der Waals surface area contributed by atoms with Crippen molar-refractivity contribution in [3.8, 4) is 0 Å². The van der Waals surface area contributed by atoms with Gasteiger partial charge in [-0.1, -0.05) is 41.8 Å². The normalized spacial score (nSPS) is 18.6. The van der Waals surface area contributed by atoms with E-state index in [1.807, 2.05) is 12.1 Å². The van der Waals surface area contributed by atoms with Crippen LogP contribution in [0.2, 0.25) is 10.0 Å². The molecule has 1 aromatic carbocycles. The van der Waals surface area contributed by atoms with Crippen LogP contribution in [0.15, 0.2) is 18.2 Å². The third-order valence-corrected chi connectivity index (χ3v) is 4.01. The molecule has 0 saturated heterocycles. The summed E-state index contributed by atoms with van der Waals surface area (Å²) in [4.78, 5) is 0. The minimum atomic E-state index is -0.269. The van der Waals surface area contributed by atoms with Gasteiger partial charge in [-0.3, -0.25) is 0 Å². The standard InChI is InChI=1S/C12H14Cl2O/c13-10-6-2-5-9(12(10)14)7-11(15)8-3-1-4-8/h2,5-6,8,11,15H,1,3-4,7H2. The molecular formula is C12H14Cl2O. The van der Waals surface area contributed by atoms with E-state index in [0.717, 1.165) is 18.4 Å². The maximum absolute atomic E-state index is 9.94. The minimum Gasteiger partial charge on any atom is -0.392 e. The summed E-state index contributed by atoms with van der Waals surface area (Å²) in [5.41, 5.74) is 0.948. The lowest BCUT2D eigenvalue weighted by Crippen LogP contribution is -2.28. The molecule has 0 aromatic heterocycles. The molecule has 1 aliphatic rings. The first-order chi connectivity index (χ1) is 7.18. The van der Waals surface area contributed by atoms with Crippen molar-refractivity contribution in [1.29, 1.82) is 0 Å². The third kappa shape index (κ3) is 2.47. The Balaban J connectivity index is 2.06. The fourth-order valence-electron chi connectivity index (χ4n) is 1.92. The van der Waals surface area contributed by atoms with Crippen LogP contribution < -0.4 is 0 Å². The van der Waals surface area contributed by atoms with E-state index in [4.69, 9.17) is 23.2 Å². The van der Waals surface area contributed by atoms with Crippen molar-refractivity contribution in [2.75, 3.05) is 0 Å². The van der Waals surface area contributed by atoms with E-state index in [2.05, 4.69) is 0 Å². The van der Waals surface area contributed by atoms with Gasteiger partial charge >= 0.3 is 0 Å². The predicted molar refractivity (Wildman–Crippen MR) is 63.5 cm³/mol. The van der Waals surface area contributed by atoms with Gasteiger partial charge < -0.3 is 5.11 Å². The molecule has 0 heterocycles. The zero-order valence-electron chi connectivity index (χ0n) is 8.42. The van der Waals surface area contributed by atoms with Crippen molar-refractivity contribution < 1.29 is 5.11 Å². The molecule has 0 bridgehead atoms. The fraction of sp³-hybridized carbons (Fsp3) is 0.500. The molecule has 0 amide bonds. The van der Waals surface area contributed by atoms with Gasteiger partial charge in [-0.25, -0.2) is 0 Å². The largest absolute Gasteiger partial charge is 0.392 e. The Morgan fingerprint density at radius 1 is 1.33 bits per heavy atom. The highest BCUT2D eigenvalue weighted by atomic mass is 35.5. The van der Waals surface area contributed by atoms with Crippen LogP contribution in [0.5, 0.6) is 0 Å². The van der Waals surface area contributed by atoms with E-state index in [1.54, 1.807) is 6.07 Å². The second-order valence-electron chi connectivity index (χ2n) is 4.18. The molecule has 2 rings (SSSR count). The van der Waals surface area contributed by atoms with Crippen molar-refractivity contribution in [2.24, 2.45) is 5.92 Å². The lowest BCUT2D eigenvalue weighted by molar-refractivity contribution is 0.0630. The highest BCUT2D eigenvalue weighted by Gasteiger charge is 2.26. The zero-order valence-corrected chi connectivity index (χ0v) is 9.93.